The Balaban J connectivity index is 2.05. The van der Waals surface area contributed by atoms with Gasteiger partial charge in [-0.2, -0.15) is 0 Å². The van der Waals surface area contributed by atoms with Gasteiger partial charge in [0.25, 0.3) is 0 Å². The van der Waals surface area contributed by atoms with Crippen LogP contribution in [0, 0.1) is 5.92 Å². The van der Waals surface area contributed by atoms with Crippen LogP contribution in [-0.4, -0.2) is 31.5 Å². The summed E-state index contributed by atoms with van der Waals surface area (Å²) in [6.45, 7) is 4.53. The van der Waals surface area contributed by atoms with Crippen molar-refractivity contribution in [2.24, 2.45) is 5.92 Å². The summed E-state index contributed by atoms with van der Waals surface area (Å²) in [7, 11) is 1.59. The Hall–Kier alpha value is -2.04. The number of anilines is 1. The Morgan fingerprint density at radius 3 is 2.77 bits per heavy atom. The first-order chi connectivity index (χ1) is 10.6. The largest absolute Gasteiger partial charge is 0.497 e. The molecule has 0 aromatic heterocycles. The summed E-state index contributed by atoms with van der Waals surface area (Å²) >= 11 is 0. The van der Waals surface area contributed by atoms with E-state index in [4.69, 9.17) is 4.74 Å². The molecule has 1 aromatic carbocycles. The molecule has 1 saturated heterocycles. The molecule has 2 amide bonds. The molecule has 1 N–H and O–H groups in total. The van der Waals surface area contributed by atoms with Gasteiger partial charge in [0, 0.05) is 30.8 Å². The van der Waals surface area contributed by atoms with E-state index in [1.807, 2.05) is 24.3 Å². The van der Waals surface area contributed by atoms with Gasteiger partial charge in [-0.25, -0.2) is 0 Å². The van der Waals surface area contributed by atoms with Gasteiger partial charge in [0.1, 0.15) is 5.75 Å². The maximum atomic E-state index is 12.3. The van der Waals surface area contributed by atoms with E-state index in [2.05, 4.69) is 19.2 Å². The Morgan fingerprint density at radius 2 is 2.14 bits per heavy atom. The summed E-state index contributed by atoms with van der Waals surface area (Å²) in [6.07, 6.45) is 2.08. The molecule has 22 heavy (non-hydrogen) atoms. The summed E-state index contributed by atoms with van der Waals surface area (Å²) in [5.41, 5.74) is 0.780. The zero-order valence-corrected chi connectivity index (χ0v) is 13.5. The van der Waals surface area contributed by atoms with Crippen molar-refractivity contribution in [3.05, 3.63) is 24.3 Å². The lowest BCUT2D eigenvalue weighted by atomic mass is 10.1. The normalized spacial score (nSPS) is 17.9. The van der Waals surface area contributed by atoms with Crippen LogP contribution in [0.15, 0.2) is 24.3 Å². The van der Waals surface area contributed by atoms with Crippen LogP contribution in [0.5, 0.6) is 5.75 Å². The van der Waals surface area contributed by atoms with Gasteiger partial charge in [-0.1, -0.05) is 19.9 Å². The Labute approximate surface area is 131 Å². The molecule has 1 aliphatic rings. The average molecular weight is 304 g/mol. The van der Waals surface area contributed by atoms with Gasteiger partial charge in [0.2, 0.25) is 11.8 Å². The fourth-order valence-corrected chi connectivity index (χ4v) is 2.72. The maximum absolute atomic E-state index is 12.3. The minimum absolute atomic E-state index is 0.0158. The third kappa shape index (κ3) is 3.59. The van der Waals surface area contributed by atoms with Crippen LogP contribution in [0.1, 0.15) is 33.1 Å². The van der Waals surface area contributed by atoms with E-state index in [-0.39, 0.29) is 30.2 Å². The standard InChI is InChI=1S/C17H24N2O3/c1-4-13(5-2)18-17(21)12-9-16(20)19(11-12)14-7-6-8-15(10-14)22-3/h6-8,10,12-13H,4-5,9,11H2,1-3H3,(H,18,21)/t12-/m1/s1. The minimum atomic E-state index is -0.278. The second-order valence-electron chi connectivity index (χ2n) is 5.63. The smallest absolute Gasteiger partial charge is 0.227 e. The van der Waals surface area contributed by atoms with Crippen LogP contribution in [0.3, 0.4) is 0 Å². The molecule has 0 aliphatic carbocycles. The van der Waals surface area contributed by atoms with Crippen LogP contribution in [0.4, 0.5) is 5.69 Å². The second kappa shape index (κ2) is 7.29. The number of nitrogens with one attached hydrogen (secondary N) is 1. The van der Waals surface area contributed by atoms with Gasteiger partial charge >= 0.3 is 0 Å². The van der Waals surface area contributed by atoms with Crippen molar-refractivity contribution >= 4 is 17.5 Å². The highest BCUT2D eigenvalue weighted by Crippen LogP contribution is 2.28. The van der Waals surface area contributed by atoms with Gasteiger partial charge in [0.15, 0.2) is 0 Å². The van der Waals surface area contributed by atoms with Crippen molar-refractivity contribution in [1.29, 1.82) is 0 Å². The molecule has 0 unspecified atom stereocenters. The third-order valence-corrected chi connectivity index (χ3v) is 4.19. The number of methoxy groups -OCH3 is 1. The highest BCUT2D eigenvalue weighted by Gasteiger charge is 2.35. The first-order valence-corrected chi connectivity index (χ1v) is 7.83. The zero-order valence-electron chi connectivity index (χ0n) is 13.5. The van der Waals surface area contributed by atoms with Crippen molar-refractivity contribution in [3.63, 3.8) is 0 Å². The maximum Gasteiger partial charge on any atom is 0.227 e. The van der Waals surface area contributed by atoms with E-state index in [0.717, 1.165) is 18.5 Å². The third-order valence-electron chi connectivity index (χ3n) is 4.19. The molecular weight excluding hydrogens is 280 g/mol. The highest BCUT2D eigenvalue weighted by atomic mass is 16.5. The van der Waals surface area contributed by atoms with Crippen LogP contribution < -0.4 is 15.0 Å². The summed E-state index contributed by atoms with van der Waals surface area (Å²) in [5.74, 6) is 0.389. The number of rotatable bonds is 6. The number of benzene rings is 1. The quantitative estimate of drug-likeness (QED) is 0.877. The number of amides is 2. The van der Waals surface area contributed by atoms with Gasteiger partial charge in [-0.3, -0.25) is 9.59 Å². The lowest BCUT2D eigenvalue weighted by Gasteiger charge is -2.19. The first kappa shape index (κ1) is 16.3. The fourth-order valence-electron chi connectivity index (χ4n) is 2.72. The SMILES string of the molecule is CCC(CC)NC(=O)[C@@H]1CC(=O)N(c2cccc(OC)c2)C1. The Kier molecular flexibility index (Phi) is 5.41. The van der Waals surface area contributed by atoms with Crippen molar-refractivity contribution in [1.82, 2.24) is 5.32 Å². The summed E-state index contributed by atoms with van der Waals surface area (Å²) in [4.78, 5) is 26.2. The van der Waals surface area contributed by atoms with Crippen molar-refractivity contribution in [2.45, 2.75) is 39.2 Å². The second-order valence-corrected chi connectivity index (χ2v) is 5.63. The number of hydrogen-bond acceptors (Lipinski definition) is 3. The molecule has 0 saturated carbocycles. The number of carbonyl (C=O) groups excluding carboxylic acids is 2. The van der Waals surface area contributed by atoms with E-state index in [1.54, 1.807) is 12.0 Å². The molecule has 1 aromatic rings. The van der Waals surface area contributed by atoms with E-state index in [0.29, 0.717) is 12.3 Å². The molecule has 1 atom stereocenters. The highest BCUT2D eigenvalue weighted by molar-refractivity contribution is 6.00. The molecule has 5 nitrogen and oxygen atoms in total. The van der Waals surface area contributed by atoms with E-state index in [1.165, 1.54) is 0 Å². The molecule has 0 bridgehead atoms. The summed E-state index contributed by atoms with van der Waals surface area (Å²) < 4.78 is 5.19. The Bertz CT molecular complexity index is 540. The summed E-state index contributed by atoms with van der Waals surface area (Å²) in [5, 5.41) is 3.03. The van der Waals surface area contributed by atoms with Gasteiger partial charge in [-0.05, 0) is 25.0 Å². The molecule has 2 rings (SSSR count). The molecular formula is C17H24N2O3. The topological polar surface area (TPSA) is 58.6 Å². The van der Waals surface area contributed by atoms with Crippen LogP contribution in [0.2, 0.25) is 0 Å². The van der Waals surface area contributed by atoms with Crippen molar-refractivity contribution < 1.29 is 14.3 Å². The van der Waals surface area contributed by atoms with E-state index < -0.39 is 0 Å². The zero-order chi connectivity index (χ0) is 16.1. The number of ether oxygens (including phenoxy) is 1. The first-order valence-electron chi connectivity index (χ1n) is 7.83. The molecule has 0 spiro atoms. The molecule has 0 radical (unpaired) electrons. The van der Waals surface area contributed by atoms with Gasteiger partial charge in [0.05, 0.1) is 13.0 Å². The lowest BCUT2D eigenvalue weighted by Crippen LogP contribution is -2.39. The lowest BCUT2D eigenvalue weighted by molar-refractivity contribution is -0.127. The number of hydrogen-bond donors (Lipinski definition) is 1. The van der Waals surface area contributed by atoms with E-state index >= 15 is 0 Å². The van der Waals surface area contributed by atoms with Crippen molar-refractivity contribution in [2.75, 3.05) is 18.6 Å². The number of carbonyl (C=O) groups is 2. The molecule has 1 fully saturated rings. The van der Waals surface area contributed by atoms with Crippen LogP contribution in [-0.2, 0) is 9.59 Å². The van der Waals surface area contributed by atoms with Crippen molar-refractivity contribution in [3.8, 4) is 5.75 Å². The summed E-state index contributed by atoms with van der Waals surface area (Å²) in [6, 6.07) is 7.55. The molecule has 120 valence electrons. The molecule has 1 heterocycles. The predicted octanol–water partition coefficient (Wildman–Crippen LogP) is 2.35. The van der Waals surface area contributed by atoms with Gasteiger partial charge < -0.3 is 15.0 Å². The minimum Gasteiger partial charge on any atom is -0.497 e. The predicted molar refractivity (Wildman–Crippen MR) is 86.0 cm³/mol. The number of nitrogens with zero attached hydrogens (tertiary/aromatic N) is 1. The van der Waals surface area contributed by atoms with Crippen LogP contribution >= 0.6 is 0 Å². The Morgan fingerprint density at radius 1 is 1.41 bits per heavy atom. The van der Waals surface area contributed by atoms with Crippen LogP contribution in [0.25, 0.3) is 0 Å². The fraction of sp³-hybridized carbons (Fsp3) is 0.529. The van der Waals surface area contributed by atoms with Gasteiger partial charge in [-0.15, -0.1) is 0 Å². The molecule has 1 aliphatic heterocycles. The average Bonchev–Trinajstić information content (AvgIpc) is 2.94. The van der Waals surface area contributed by atoms with E-state index in [9.17, 15) is 9.59 Å². The monoisotopic (exact) mass is 304 g/mol. The molecule has 5 heteroatoms.